The molecule has 3 aromatic rings. The number of anilines is 1. The lowest BCUT2D eigenvalue weighted by Gasteiger charge is -2.33. The van der Waals surface area contributed by atoms with Crippen molar-refractivity contribution in [2.45, 2.75) is 50.7 Å². The lowest BCUT2D eigenvalue weighted by Crippen LogP contribution is -2.53. The minimum absolute atomic E-state index is 0.0129. The molecule has 1 N–H and O–H groups in total. The van der Waals surface area contributed by atoms with Gasteiger partial charge in [0, 0.05) is 18.7 Å². The van der Waals surface area contributed by atoms with Crippen LogP contribution in [0.2, 0.25) is 0 Å². The van der Waals surface area contributed by atoms with Crippen molar-refractivity contribution in [2.75, 3.05) is 32.2 Å². The Balaban J connectivity index is 2.10. The molecule has 0 aromatic heterocycles. The fraction of sp³-hybridized carbons (Fsp3) is 0.355. The Labute approximate surface area is 248 Å². The van der Waals surface area contributed by atoms with Gasteiger partial charge in [0.15, 0.2) is 11.5 Å². The standard InChI is InChI=1S/C31H39N3O7S/c1-7-27(31(36)32-22(2)3)33(20-23-13-16-25(39-4)17-14-23)30(35)21-34(42(37,38)26-11-9-8-10-12-26)24-15-18-28(40-5)29(19-24)41-6/h8-19,22,27H,7,20-21H2,1-6H3,(H,32,36)/t27-/m0/s1. The van der Waals surface area contributed by atoms with Gasteiger partial charge in [0.25, 0.3) is 10.0 Å². The van der Waals surface area contributed by atoms with Crippen LogP contribution >= 0.6 is 0 Å². The molecule has 0 bridgehead atoms. The van der Waals surface area contributed by atoms with E-state index in [1.54, 1.807) is 61.7 Å². The predicted molar refractivity (Wildman–Crippen MR) is 161 cm³/mol. The van der Waals surface area contributed by atoms with Crippen LogP contribution in [0.3, 0.4) is 0 Å². The number of carbonyl (C=O) groups is 2. The van der Waals surface area contributed by atoms with Gasteiger partial charge in [-0.2, -0.15) is 0 Å². The lowest BCUT2D eigenvalue weighted by atomic mass is 10.1. The highest BCUT2D eigenvalue weighted by molar-refractivity contribution is 7.92. The third-order valence-electron chi connectivity index (χ3n) is 6.59. The number of benzene rings is 3. The van der Waals surface area contributed by atoms with Crippen LogP contribution in [0.15, 0.2) is 77.7 Å². The van der Waals surface area contributed by atoms with Gasteiger partial charge in [0.1, 0.15) is 18.3 Å². The summed E-state index contributed by atoms with van der Waals surface area (Å²) in [4.78, 5) is 28.9. The van der Waals surface area contributed by atoms with E-state index in [-0.39, 0.29) is 29.1 Å². The number of hydrogen-bond acceptors (Lipinski definition) is 7. The van der Waals surface area contributed by atoms with Crippen LogP contribution in [0.4, 0.5) is 5.69 Å². The van der Waals surface area contributed by atoms with E-state index < -0.39 is 28.5 Å². The van der Waals surface area contributed by atoms with E-state index in [4.69, 9.17) is 14.2 Å². The molecule has 3 rings (SSSR count). The lowest BCUT2D eigenvalue weighted by molar-refractivity contribution is -0.140. The molecule has 0 aliphatic rings. The summed E-state index contributed by atoms with van der Waals surface area (Å²) in [6, 6.07) is 18.6. The second kappa shape index (κ2) is 14.6. The molecule has 2 amide bonds. The third-order valence-corrected chi connectivity index (χ3v) is 8.38. The van der Waals surface area contributed by atoms with Crippen LogP contribution in [-0.2, 0) is 26.2 Å². The molecule has 0 aliphatic carbocycles. The van der Waals surface area contributed by atoms with Crippen LogP contribution in [0, 0.1) is 0 Å². The molecule has 11 heteroatoms. The van der Waals surface area contributed by atoms with E-state index in [1.807, 2.05) is 20.8 Å². The molecule has 1 atom stereocenters. The van der Waals surface area contributed by atoms with Crippen molar-refractivity contribution in [2.24, 2.45) is 0 Å². The SMILES string of the molecule is CC[C@@H](C(=O)NC(C)C)N(Cc1ccc(OC)cc1)C(=O)CN(c1ccc(OC)c(OC)c1)S(=O)(=O)c1ccccc1. The van der Waals surface area contributed by atoms with Crippen LogP contribution in [0.1, 0.15) is 32.8 Å². The number of amides is 2. The van der Waals surface area contributed by atoms with Gasteiger partial charge in [0.2, 0.25) is 11.8 Å². The Kier molecular flexibility index (Phi) is 11.2. The van der Waals surface area contributed by atoms with Crippen molar-refractivity contribution in [3.8, 4) is 17.2 Å². The van der Waals surface area contributed by atoms with Crippen molar-refractivity contribution in [3.63, 3.8) is 0 Å². The summed E-state index contributed by atoms with van der Waals surface area (Å²) >= 11 is 0. The second-order valence-electron chi connectivity index (χ2n) is 9.82. The Hall–Kier alpha value is -4.25. The fourth-order valence-corrected chi connectivity index (χ4v) is 5.88. The minimum Gasteiger partial charge on any atom is -0.497 e. The van der Waals surface area contributed by atoms with Crippen LogP contribution < -0.4 is 23.8 Å². The molecule has 42 heavy (non-hydrogen) atoms. The average molecular weight is 598 g/mol. The number of nitrogens with one attached hydrogen (secondary N) is 1. The van der Waals surface area contributed by atoms with Crippen molar-refractivity contribution < 1.29 is 32.2 Å². The summed E-state index contributed by atoms with van der Waals surface area (Å²) in [6.07, 6.45) is 0.322. The highest BCUT2D eigenvalue weighted by Gasteiger charge is 2.34. The highest BCUT2D eigenvalue weighted by Crippen LogP contribution is 2.34. The number of hydrogen-bond donors (Lipinski definition) is 1. The van der Waals surface area contributed by atoms with Gasteiger partial charge >= 0.3 is 0 Å². The fourth-order valence-electron chi connectivity index (χ4n) is 4.46. The average Bonchev–Trinajstić information content (AvgIpc) is 2.99. The highest BCUT2D eigenvalue weighted by atomic mass is 32.2. The maximum atomic E-state index is 14.2. The van der Waals surface area contributed by atoms with Crippen molar-refractivity contribution in [1.82, 2.24) is 10.2 Å². The third kappa shape index (κ3) is 7.73. The van der Waals surface area contributed by atoms with Crippen LogP contribution in [-0.4, -0.2) is 65.1 Å². The molecular weight excluding hydrogens is 558 g/mol. The van der Waals surface area contributed by atoms with E-state index in [0.717, 1.165) is 9.87 Å². The zero-order valence-electron chi connectivity index (χ0n) is 24.9. The van der Waals surface area contributed by atoms with Gasteiger partial charge < -0.3 is 24.4 Å². The molecule has 0 fully saturated rings. The van der Waals surface area contributed by atoms with Gasteiger partial charge in [-0.3, -0.25) is 13.9 Å². The summed E-state index contributed by atoms with van der Waals surface area (Å²) in [6.45, 7) is 5.01. The first kappa shape index (κ1) is 32.3. The van der Waals surface area contributed by atoms with Gasteiger partial charge in [-0.1, -0.05) is 37.3 Å². The van der Waals surface area contributed by atoms with Gasteiger partial charge in [-0.25, -0.2) is 8.42 Å². The molecule has 0 spiro atoms. The molecule has 226 valence electrons. The summed E-state index contributed by atoms with van der Waals surface area (Å²) < 4.78 is 45.0. The molecule has 0 saturated carbocycles. The van der Waals surface area contributed by atoms with Gasteiger partial charge in [0.05, 0.1) is 31.9 Å². The number of nitrogens with zero attached hydrogens (tertiary/aromatic N) is 2. The normalized spacial score (nSPS) is 11.9. The second-order valence-corrected chi connectivity index (χ2v) is 11.7. The van der Waals surface area contributed by atoms with E-state index in [2.05, 4.69) is 5.32 Å². The first-order valence-electron chi connectivity index (χ1n) is 13.6. The number of rotatable bonds is 14. The summed E-state index contributed by atoms with van der Waals surface area (Å²) in [5.41, 5.74) is 0.956. The monoisotopic (exact) mass is 597 g/mol. The van der Waals surface area contributed by atoms with E-state index in [1.165, 1.54) is 37.3 Å². The first-order valence-corrected chi connectivity index (χ1v) is 15.0. The van der Waals surface area contributed by atoms with E-state index in [0.29, 0.717) is 23.7 Å². The molecule has 0 heterocycles. The Bertz CT molecular complexity index is 1450. The molecule has 0 saturated heterocycles. The molecule has 3 aromatic carbocycles. The molecule has 0 unspecified atom stereocenters. The zero-order chi connectivity index (χ0) is 30.9. The first-order chi connectivity index (χ1) is 20.0. The van der Waals surface area contributed by atoms with Crippen molar-refractivity contribution in [3.05, 3.63) is 78.4 Å². The number of ether oxygens (including phenoxy) is 3. The predicted octanol–water partition coefficient (Wildman–Crippen LogP) is 4.24. The number of sulfonamides is 1. The van der Waals surface area contributed by atoms with Crippen LogP contribution in [0.5, 0.6) is 17.2 Å². The topological polar surface area (TPSA) is 114 Å². The van der Waals surface area contributed by atoms with Gasteiger partial charge in [-0.15, -0.1) is 0 Å². The van der Waals surface area contributed by atoms with Crippen LogP contribution in [0.25, 0.3) is 0 Å². The molecular formula is C31H39N3O7S. The van der Waals surface area contributed by atoms with E-state index in [9.17, 15) is 18.0 Å². The molecule has 0 radical (unpaired) electrons. The van der Waals surface area contributed by atoms with Crippen molar-refractivity contribution >= 4 is 27.5 Å². The van der Waals surface area contributed by atoms with Gasteiger partial charge in [-0.05, 0) is 62.2 Å². The quantitative estimate of drug-likeness (QED) is 0.296. The molecule has 10 nitrogen and oxygen atoms in total. The maximum Gasteiger partial charge on any atom is 0.264 e. The smallest absolute Gasteiger partial charge is 0.264 e. The largest absolute Gasteiger partial charge is 0.497 e. The van der Waals surface area contributed by atoms with Crippen molar-refractivity contribution in [1.29, 1.82) is 0 Å². The Morgan fingerprint density at radius 3 is 2.05 bits per heavy atom. The van der Waals surface area contributed by atoms with E-state index >= 15 is 0 Å². The zero-order valence-corrected chi connectivity index (χ0v) is 25.7. The Morgan fingerprint density at radius 1 is 0.857 bits per heavy atom. The minimum atomic E-state index is -4.21. The summed E-state index contributed by atoms with van der Waals surface area (Å²) in [7, 11) is 0.270. The number of carbonyl (C=O) groups excluding carboxylic acids is 2. The molecule has 0 aliphatic heterocycles. The number of methoxy groups -OCH3 is 3. The summed E-state index contributed by atoms with van der Waals surface area (Å²) in [5, 5.41) is 2.89. The Morgan fingerprint density at radius 2 is 1.50 bits per heavy atom. The summed E-state index contributed by atoms with van der Waals surface area (Å²) in [5.74, 6) is 0.481. The maximum absolute atomic E-state index is 14.2.